The molecule has 3 nitrogen and oxygen atoms in total. The van der Waals surface area contributed by atoms with Crippen molar-refractivity contribution in [2.45, 2.75) is 0 Å². The lowest BCUT2D eigenvalue weighted by Crippen LogP contribution is -2.11. The Labute approximate surface area is 320 Å². The molecule has 10 aromatic rings. The van der Waals surface area contributed by atoms with Gasteiger partial charge in [0.1, 0.15) is 0 Å². The summed E-state index contributed by atoms with van der Waals surface area (Å²) in [6.07, 6.45) is 0. The minimum atomic E-state index is 0.948. The summed E-state index contributed by atoms with van der Waals surface area (Å²) in [5, 5.41) is 5.88. The van der Waals surface area contributed by atoms with Crippen molar-refractivity contribution in [2.75, 3.05) is 4.90 Å². The molecule has 0 radical (unpaired) electrons. The van der Waals surface area contributed by atoms with Crippen molar-refractivity contribution in [3.63, 3.8) is 0 Å². The van der Waals surface area contributed by atoms with E-state index < -0.39 is 0 Å². The predicted molar refractivity (Wildman–Crippen MR) is 231 cm³/mol. The van der Waals surface area contributed by atoms with E-state index in [9.17, 15) is 0 Å². The summed E-state index contributed by atoms with van der Waals surface area (Å²) in [5.41, 5.74) is 12.5. The predicted octanol–water partition coefficient (Wildman–Crippen LogP) is 14.1. The second-order valence-electron chi connectivity index (χ2n) is 13.8. The lowest BCUT2D eigenvalue weighted by atomic mass is 9.93. The molecule has 258 valence electrons. The van der Waals surface area contributed by atoms with Gasteiger partial charge in [-0.05, 0) is 64.4 Å². The van der Waals surface area contributed by atoms with Crippen LogP contribution in [0.4, 0.5) is 17.1 Å². The third kappa shape index (κ3) is 5.98. The second-order valence-corrected chi connectivity index (χ2v) is 13.8. The molecule has 0 atom stereocenters. The minimum Gasteiger partial charge on any atom is -0.308 e. The zero-order valence-corrected chi connectivity index (χ0v) is 30.0. The summed E-state index contributed by atoms with van der Waals surface area (Å²) >= 11 is 0. The third-order valence-electron chi connectivity index (χ3n) is 10.4. The minimum absolute atomic E-state index is 0.948. The van der Waals surface area contributed by atoms with Crippen LogP contribution in [-0.4, -0.2) is 9.97 Å². The van der Waals surface area contributed by atoms with E-state index >= 15 is 0 Å². The average Bonchev–Trinajstić information content (AvgIpc) is 3.27. The molecular weight excluding hydrogens is 667 g/mol. The van der Waals surface area contributed by atoms with Crippen molar-refractivity contribution in [2.24, 2.45) is 0 Å². The molecule has 0 spiro atoms. The summed E-state index contributed by atoms with van der Waals surface area (Å²) in [7, 11) is 0. The van der Waals surface area contributed by atoms with E-state index in [1.54, 1.807) is 0 Å². The van der Waals surface area contributed by atoms with Gasteiger partial charge in [0.15, 0.2) is 0 Å². The Balaban J connectivity index is 1.18. The molecule has 0 N–H and O–H groups in total. The molecule has 0 saturated heterocycles. The van der Waals surface area contributed by atoms with Gasteiger partial charge in [0.25, 0.3) is 0 Å². The molecule has 0 aliphatic carbocycles. The van der Waals surface area contributed by atoms with Crippen LogP contribution in [-0.2, 0) is 0 Å². The van der Waals surface area contributed by atoms with Gasteiger partial charge >= 0.3 is 0 Å². The van der Waals surface area contributed by atoms with Crippen molar-refractivity contribution in [3.05, 3.63) is 212 Å². The molecule has 0 aliphatic rings. The highest BCUT2D eigenvalue weighted by molar-refractivity contribution is 6.24. The molecule has 0 fully saturated rings. The Morgan fingerprint density at radius 1 is 0.327 bits per heavy atom. The van der Waals surface area contributed by atoms with Crippen molar-refractivity contribution in [3.8, 4) is 44.9 Å². The lowest BCUT2D eigenvalue weighted by Gasteiger charge is -2.27. The average molecular weight is 702 g/mol. The number of fused-ring (bicyclic) bond motifs is 5. The lowest BCUT2D eigenvalue weighted by molar-refractivity contribution is 1.28. The van der Waals surface area contributed by atoms with Crippen LogP contribution in [0, 0.1) is 0 Å². The van der Waals surface area contributed by atoms with Crippen LogP contribution < -0.4 is 4.90 Å². The summed E-state index contributed by atoms with van der Waals surface area (Å²) in [6, 6.07) is 74.9. The van der Waals surface area contributed by atoms with Crippen molar-refractivity contribution >= 4 is 49.5 Å². The Morgan fingerprint density at radius 3 is 1.47 bits per heavy atom. The summed E-state index contributed by atoms with van der Waals surface area (Å²) < 4.78 is 0. The molecule has 0 unspecified atom stereocenters. The maximum atomic E-state index is 5.61. The highest BCUT2D eigenvalue weighted by atomic mass is 15.1. The van der Waals surface area contributed by atoms with Gasteiger partial charge in [-0.25, -0.2) is 9.97 Å². The van der Waals surface area contributed by atoms with E-state index in [0.29, 0.717) is 0 Å². The van der Waals surface area contributed by atoms with E-state index in [2.05, 4.69) is 205 Å². The molecular formula is C52H35N3. The summed E-state index contributed by atoms with van der Waals surface area (Å²) in [5.74, 6) is 0. The highest BCUT2D eigenvalue weighted by Crippen LogP contribution is 2.43. The number of para-hydroxylation sites is 3. The molecule has 2 aromatic heterocycles. The SMILES string of the molecule is c1ccc(-c2cc(-c3ccc(-c4nc5c(N(c6ccccc6)c6ccccc6)cccc5c5c4ccc4ccccc45)cc3)cc(-c3ccccc3)n2)cc1. The molecule has 8 aromatic carbocycles. The molecule has 0 saturated carbocycles. The van der Waals surface area contributed by atoms with Gasteiger partial charge in [0.2, 0.25) is 0 Å². The van der Waals surface area contributed by atoms with Gasteiger partial charge in [0.05, 0.1) is 28.3 Å². The number of benzene rings is 8. The number of aromatic nitrogens is 2. The fraction of sp³-hybridized carbons (Fsp3) is 0. The molecule has 3 heteroatoms. The van der Waals surface area contributed by atoms with E-state index in [1.807, 2.05) is 12.1 Å². The van der Waals surface area contributed by atoms with E-state index in [4.69, 9.17) is 9.97 Å². The zero-order valence-electron chi connectivity index (χ0n) is 30.0. The van der Waals surface area contributed by atoms with Crippen LogP contribution in [0.15, 0.2) is 212 Å². The topological polar surface area (TPSA) is 29.0 Å². The number of pyridine rings is 2. The first-order valence-corrected chi connectivity index (χ1v) is 18.7. The van der Waals surface area contributed by atoms with Crippen LogP contribution in [0.5, 0.6) is 0 Å². The number of hydrogen-bond donors (Lipinski definition) is 0. The molecule has 0 amide bonds. The summed E-state index contributed by atoms with van der Waals surface area (Å²) in [4.78, 5) is 13.0. The van der Waals surface area contributed by atoms with E-state index in [0.717, 1.165) is 78.3 Å². The first kappa shape index (κ1) is 32.3. The van der Waals surface area contributed by atoms with Gasteiger partial charge in [-0.15, -0.1) is 0 Å². The first-order chi connectivity index (χ1) is 27.3. The maximum Gasteiger partial charge on any atom is 0.0956 e. The smallest absolute Gasteiger partial charge is 0.0956 e. The fourth-order valence-corrected chi connectivity index (χ4v) is 7.79. The monoisotopic (exact) mass is 701 g/mol. The number of rotatable bonds is 7. The van der Waals surface area contributed by atoms with Crippen LogP contribution in [0.1, 0.15) is 0 Å². The van der Waals surface area contributed by atoms with Crippen LogP contribution in [0.3, 0.4) is 0 Å². The van der Waals surface area contributed by atoms with Gasteiger partial charge < -0.3 is 4.90 Å². The van der Waals surface area contributed by atoms with Crippen molar-refractivity contribution in [1.82, 2.24) is 9.97 Å². The van der Waals surface area contributed by atoms with Gasteiger partial charge in [-0.3, -0.25) is 0 Å². The van der Waals surface area contributed by atoms with Gasteiger partial charge in [-0.1, -0.05) is 170 Å². The third-order valence-corrected chi connectivity index (χ3v) is 10.4. The van der Waals surface area contributed by atoms with Gasteiger partial charge in [0, 0.05) is 44.2 Å². The highest BCUT2D eigenvalue weighted by Gasteiger charge is 2.20. The standard InChI is InChI=1S/C52H35N3/c1-5-17-38(18-6-1)47-34-41(35-48(53-47)39-19-7-2-8-20-39)36-28-30-40(31-29-36)51-46-33-32-37-16-13-14-25-44(37)50(46)45-26-15-27-49(52(45)54-51)55(42-21-9-3-10-22-42)43-23-11-4-12-24-43/h1-35H. The normalized spacial score (nSPS) is 11.3. The Bertz CT molecular complexity index is 2850. The van der Waals surface area contributed by atoms with Crippen molar-refractivity contribution < 1.29 is 0 Å². The van der Waals surface area contributed by atoms with Crippen LogP contribution >= 0.6 is 0 Å². The second kappa shape index (κ2) is 13.9. The fourth-order valence-electron chi connectivity index (χ4n) is 7.79. The van der Waals surface area contributed by atoms with E-state index in [1.165, 1.54) is 16.2 Å². The molecule has 0 aliphatic heterocycles. The molecule has 55 heavy (non-hydrogen) atoms. The quantitative estimate of drug-likeness (QED) is 0.155. The van der Waals surface area contributed by atoms with Gasteiger partial charge in [-0.2, -0.15) is 0 Å². The van der Waals surface area contributed by atoms with Crippen LogP contribution in [0.2, 0.25) is 0 Å². The molecule has 2 heterocycles. The Morgan fingerprint density at radius 2 is 0.855 bits per heavy atom. The van der Waals surface area contributed by atoms with Crippen LogP contribution in [0.25, 0.3) is 77.3 Å². The first-order valence-electron chi connectivity index (χ1n) is 18.7. The largest absolute Gasteiger partial charge is 0.308 e. The van der Waals surface area contributed by atoms with Crippen molar-refractivity contribution in [1.29, 1.82) is 0 Å². The maximum absolute atomic E-state index is 5.61. The zero-order chi connectivity index (χ0) is 36.6. The number of anilines is 3. The molecule has 10 rings (SSSR count). The Kier molecular flexibility index (Phi) is 8.16. The summed E-state index contributed by atoms with van der Waals surface area (Å²) in [6.45, 7) is 0. The Hall–Kier alpha value is -7.36. The number of nitrogens with zero attached hydrogens (tertiary/aromatic N) is 3. The number of hydrogen-bond acceptors (Lipinski definition) is 3. The van der Waals surface area contributed by atoms with E-state index in [-0.39, 0.29) is 0 Å². The molecule has 0 bridgehead atoms.